The largest absolute Gasteiger partial charge is 0.353 e. The lowest BCUT2D eigenvalue weighted by Crippen LogP contribution is -2.52. The summed E-state index contributed by atoms with van der Waals surface area (Å²) in [5, 5.41) is 6.28. The first-order chi connectivity index (χ1) is 14.5. The van der Waals surface area contributed by atoms with Crippen LogP contribution in [0.4, 0.5) is 0 Å². The summed E-state index contributed by atoms with van der Waals surface area (Å²) in [6.07, 6.45) is 3.04. The molecule has 5 heteroatoms. The fourth-order valence-corrected chi connectivity index (χ4v) is 3.96. The lowest BCUT2D eigenvalue weighted by Gasteiger charge is -2.36. The quantitative estimate of drug-likeness (QED) is 0.704. The molecule has 1 aliphatic heterocycles. The van der Waals surface area contributed by atoms with Gasteiger partial charge in [0.1, 0.15) is 0 Å². The van der Waals surface area contributed by atoms with Crippen LogP contribution in [0.25, 0.3) is 0 Å². The maximum absolute atomic E-state index is 12.7. The molecule has 2 aromatic carbocycles. The maximum Gasteiger partial charge on any atom is 0.237 e. The van der Waals surface area contributed by atoms with Gasteiger partial charge in [-0.1, -0.05) is 60.7 Å². The third kappa shape index (κ3) is 6.42. The zero-order valence-electron chi connectivity index (χ0n) is 18.0. The average molecular weight is 408 g/mol. The van der Waals surface area contributed by atoms with Crippen molar-refractivity contribution in [3.63, 3.8) is 0 Å². The Balaban J connectivity index is 1.38. The SMILES string of the molecule is CC(NC(=O)C(C)N1CCC(NC(=O)CCc2ccccc2)CC1)c1ccccc1. The van der Waals surface area contributed by atoms with Gasteiger partial charge in [0.15, 0.2) is 0 Å². The van der Waals surface area contributed by atoms with Gasteiger partial charge in [-0.25, -0.2) is 0 Å². The molecule has 1 saturated heterocycles. The number of carbonyl (C=O) groups is 2. The van der Waals surface area contributed by atoms with E-state index in [2.05, 4.69) is 27.7 Å². The fourth-order valence-electron chi connectivity index (χ4n) is 3.96. The molecule has 2 N–H and O–H groups in total. The normalized spacial score (nSPS) is 17.1. The van der Waals surface area contributed by atoms with Crippen molar-refractivity contribution < 1.29 is 9.59 Å². The highest BCUT2D eigenvalue weighted by Crippen LogP contribution is 2.16. The monoisotopic (exact) mass is 407 g/mol. The van der Waals surface area contributed by atoms with Crippen LogP contribution in [0.3, 0.4) is 0 Å². The number of piperidine rings is 1. The summed E-state index contributed by atoms with van der Waals surface area (Å²) in [5.41, 5.74) is 2.29. The van der Waals surface area contributed by atoms with Crippen molar-refractivity contribution in [2.75, 3.05) is 13.1 Å². The molecule has 0 saturated carbocycles. The molecule has 2 atom stereocenters. The molecule has 1 aliphatic rings. The Hall–Kier alpha value is -2.66. The van der Waals surface area contributed by atoms with Crippen molar-refractivity contribution in [2.24, 2.45) is 0 Å². The van der Waals surface area contributed by atoms with Crippen LogP contribution in [-0.4, -0.2) is 41.9 Å². The van der Waals surface area contributed by atoms with Crippen LogP contribution >= 0.6 is 0 Å². The van der Waals surface area contributed by atoms with E-state index in [4.69, 9.17) is 0 Å². The Morgan fingerprint density at radius 1 is 0.967 bits per heavy atom. The van der Waals surface area contributed by atoms with Gasteiger partial charge in [0.05, 0.1) is 12.1 Å². The first-order valence-electron chi connectivity index (χ1n) is 11.0. The van der Waals surface area contributed by atoms with Crippen molar-refractivity contribution in [1.82, 2.24) is 15.5 Å². The lowest BCUT2D eigenvalue weighted by molar-refractivity contribution is -0.127. The minimum Gasteiger partial charge on any atom is -0.353 e. The van der Waals surface area contributed by atoms with Gasteiger partial charge in [0.25, 0.3) is 0 Å². The fraction of sp³-hybridized carbons (Fsp3) is 0.440. The van der Waals surface area contributed by atoms with E-state index in [0.29, 0.717) is 6.42 Å². The second-order valence-corrected chi connectivity index (χ2v) is 8.18. The van der Waals surface area contributed by atoms with E-state index in [-0.39, 0.29) is 29.9 Å². The van der Waals surface area contributed by atoms with Crippen molar-refractivity contribution in [3.05, 3.63) is 71.8 Å². The van der Waals surface area contributed by atoms with Gasteiger partial charge < -0.3 is 10.6 Å². The molecule has 0 radical (unpaired) electrons. The van der Waals surface area contributed by atoms with Crippen molar-refractivity contribution >= 4 is 11.8 Å². The third-order valence-corrected chi connectivity index (χ3v) is 5.96. The minimum absolute atomic E-state index is 0.0115. The number of rotatable bonds is 8. The molecular weight excluding hydrogens is 374 g/mol. The van der Waals surface area contributed by atoms with Gasteiger partial charge >= 0.3 is 0 Å². The number of benzene rings is 2. The average Bonchev–Trinajstić information content (AvgIpc) is 2.79. The first kappa shape index (κ1) is 22.0. The predicted molar refractivity (Wildman–Crippen MR) is 120 cm³/mol. The molecule has 160 valence electrons. The number of aryl methyl sites for hydroxylation is 1. The molecule has 30 heavy (non-hydrogen) atoms. The first-order valence-corrected chi connectivity index (χ1v) is 11.0. The lowest BCUT2D eigenvalue weighted by atomic mass is 10.0. The molecule has 0 spiro atoms. The Bertz CT molecular complexity index is 802. The van der Waals surface area contributed by atoms with E-state index in [1.165, 1.54) is 5.56 Å². The minimum atomic E-state index is -0.175. The summed E-state index contributed by atoms with van der Waals surface area (Å²) < 4.78 is 0. The van der Waals surface area contributed by atoms with Gasteiger partial charge in [0.2, 0.25) is 11.8 Å². The highest BCUT2D eigenvalue weighted by atomic mass is 16.2. The van der Waals surface area contributed by atoms with Crippen molar-refractivity contribution in [1.29, 1.82) is 0 Å². The summed E-state index contributed by atoms with van der Waals surface area (Å²) in [7, 11) is 0. The number of hydrogen-bond acceptors (Lipinski definition) is 3. The standard InChI is InChI=1S/C25H33N3O2/c1-19(22-11-7-4-8-12-22)26-25(30)20(2)28-17-15-23(16-18-28)27-24(29)14-13-21-9-5-3-6-10-21/h3-12,19-20,23H,13-18H2,1-2H3,(H,26,30)(H,27,29). The number of nitrogens with zero attached hydrogens (tertiary/aromatic N) is 1. The van der Waals surface area contributed by atoms with Crippen LogP contribution in [-0.2, 0) is 16.0 Å². The molecule has 5 nitrogen and oxygen atoms in total. The molecule has 1 heterocycles. The molecule has 2 amide bonds. The Morgan fingerprint density at radius 3 is 2.20 bits per heavy atom. The van der Waals surface area contributed by atoms with E-state index in [0.717, 1.165) is 37.9 Å². The Morgan fingerprint density at radius 2 is 1.57 bits per heavy atom. The van der Waals surface area contributed by atoms with Crippen LogP contribution in [0.15, 0.2) is 60.7 Å². The number of amides is 2. The summed E-state index contributed by atoms with van der Waals surface area (Å²) in [6, 6.07) is 20.1. The molecular formula is C25H33N3O2. The van der Waals surface area contributed by atoms with E-state index < -0.39 is 0 Å². The molecule has 0 aliphatic carbocycles. The van der Waals surface area contributed by atoms with Crippen LogP contribution in [0.2, 0.25) is 0 Å². The predicted octanol–water partition coefficient (Wildman–Crippen LogP) is 3.47. The van der Waals surface area contributed by atoms with E-state index in [9.17, 15) is 9.59 Å². The van der Waals surface area contributed by atoms with Crippen LogP contribution in [0.5, 0.6) is 0 Å². The van der Waals surface area contributed by atoms with E-state index >= 15 is 0 Å². The van der Waals surface area contributed by atoms with Gasteiger partial charge in [-0.15, -0.1) is 0 Å². The summed E-state index contributed by atoms with van der Waals surface area (Å²) in [5.74, 6) is 0.163. The van der Waals surface area contributed by atoms with Crippen LogP contribution < -0.4 is 10.6 Å². The second-order valence-electron chi connectivity index (χ2n) is 8.18. The highest BCUT2D eigenvalue weighted by molar-refractivity contribution is 5.81. The van der Waals surface area contributed by atoms with Gasteiger partial charge in [0, 0.05) is 25.6 Å². The van der Waals surface area contributed by atoms with Crippen LogP contribution in [0.1, 0.15) is 50.3 Å². The highest BCUT2D eigenvalue weighted by Gasteiger charge is 2.27. The smallest absolute Gasteiger partial charge is 0.237 e. The Kier molecular flexibility index (Phi) is 8.03. The van der Waals surface area contributed by atoms with Crippen molar-refractivity contribution in [2.45, 2.75) is 57.7 Å². The van der Waals surface area contributed by atoms with E-state index in [1.807, 2.05) is 62.4 Å². The zero-order chi connectivity index (χ0) is 21.3. The molecule has 1 fully saturated rings. The molecule has 2 unspecified atom stereocenters. The van der Waals surface area contributed by atoms with Gasteiger partial charge in [-0.3, -0.25) is 14.5 Å². The zero-order valence-corrected chi connectivity index (χ0v) is 18.0. The number of likely N-dealkylation sites (tertiary alicyclic amines) is 1. The molecule has 2 aromatic rings. The van der Waals surface area contributed by atoms with Gasteiger partial charge in [-0.2, -0.15) is 0 Å². The molecule has 0 aromatic heterocycles. The van der Waals surface area contributed by atoms with Gasteiger partial charge in [-0.05, 0) is 44.2 Å². The molecule has 0 bridgehead atoms. The second kappa shape index (κ2) is 10.9. The maximum atomic E-state index is 12.7. The number of nitrogens with one attached hydrogen (secondary N) is 2. The topological polar surface area (TPSA) is 61.4 Å². The summed E-state index contributed by atoms with van der Waals surface area (Å²) >= 11 is 0. The summed E-state index contributed by atoms with van der Waals surface area (Å²) in [6.45, 7) is 5.61. The Labute approximate surface area is 179 Å². The molecule has 3 rings (SSSR count). The van der Waals surface area contributed by atoms with Crippen LogP contribution in [0, 0.1) is 0 Å². The van der Waals surface area contributed by atoms with E-state index in [1.54, 1.807) is 0 Å². The summed E-state index contributed by atoms with van der Waals surface area (Å²) in [4.78, 5) is 27.2. The third-order valence-electron chi connectivity index (χ3n) is 5.96. The number of carbonyl (C=O) groups excluding carboxylic acids is 2. The van der Waals surface area contributed by atoms with Crippen molar-refractivity contribution in [3.8, 4) is 0 Å². The number of hydrogen-bond donors (Lipinski definition) is 2.